The van der Waals surface area contributed by atoms with Gasteiger partial charge in [0.2, 0.25) is 5.91 Å². The molecule has 9 heteroatoms. The number of carbonyl (C=O) groups is 1. The summed E-state index contributed by atoms with van der Waals surface area (Å²) in [6.07, 6.45) is 1.23. The molecule has 0 spiro atoms. The normalized spacial score (nSPS) is 23.0. The Kier molecular flexibility index (Phi) is 9.60. The van der Waals surface area contributed by atoms with Gasteiger partial charge in [0.05, 0.1) is 12.2 Å². The Morgan fingerprint density at radius 3 is 2.23 bits per heavy atom. The van der Waals surface area contributed by atoms with E-state index < -0.39 is 0 Å². The highest BCUT2D eigenvalue weighted by atomic mass is 127. The molecule has 2 atom stereocenters. The van der Waals surface area contributed by atoms with Gasteiger partial charge in [-0.25, -0.2) is 0 Å². The topological polar surface area (TPSA) is 69.0 Å². The van der Waals surface area contributed by atoms with Crippen molar-refractivity contribution >= 4 is 35.8 Å². The first-order valence-electron chi connectivity index (χ1n) is 11.2. The minimum Gasteiger partial charge on any atom is -0.352 e. The van der Waals surface area contributed by atoms with Crippen LogP contribution in [0.15, 0.2) is 4.99 Å². The van der Waals surface area contributed by atoms with Crippen molar-refractivity contribution in [2.24, 2.45) is 23.9 Å². The summed E-state index contributed by atoms with van der Waals surface area (Å²) in [5.74, 6) is 2.42. The number of aryl methyl sites for hydroxylation is 2. The number of rotatable bonds is 4. The summed E-state index contributed by atoms with van der Waals surface area (Å²) < 4.78 is 1.93. The molecule has 3 rings (SSSR count). The molecular weight excluding hydrogens is 505 g/mol. The minimum atomic E-state index is 0. The average Bonchev–Trinajstić information content (AvgIpc) is 2.94. The molecule has 0 bridgehead atoms. The molecule has 0 saturated carbocycles. The Hall–Kier alpha value is -1.36. The van der Waals surface area contributed by atoms with Crippen molar-refractivity contribution in [2.75, 3.05) is 52.9 Å². The first-order chi connectivity index (χ1) is 14.3. The lowest BCUT2D eigenvalue weighted by Crippen LogP contribution is -2.55. The van der Waals surface area contributed by atoms with Crippen LogP contribution in [0.3, 0.4) is 0 Å². The van der Waals surface area contributed by atoms with Crippen LogP contribution in [-0.4, -0.2) is 89.2 Å². The number of piperidine rings is 1. The average molecular weight is 546 g/mol. The maximum atomic E-state index is 12.8. The van der Waals surface area contributed by atoms with Gasteiger partial charge < -0.3 is 15.1 Å². The van der Waals surface area contributed by atoms with Crippen LogP contribution >= 0.6 is 24.0 Å². The van der Waals surface area contributed by atoms with Crippen molar-refractivity contribution < 1.29 is 4.79 Å². The van der Waals surface area contributed by atoms with Crippen molar-refractivity contribution in [3.05, 3.63) is 17.0 Å². The fraction of sp³-hybridized carbons (Fsp3) is 0.773. The number of likely N-dealkylation sites (tertiary alicyclic amines) is 1. The maximum absolute atomic E-state index is 12.8. The molecule has 0 aromatic carbocycles. The van der Waals surface area contributed by atoms with Crippen LogP contribution in [0.25, 0.3) is 0 Å². The number of carbonyl (C=O) groups excluding carboxylic acids is 1. The maximum Gasteiger partial charge on any atom is 0.236 e. The van der Waals surface area contributed by atoms with Crippen LogP contribution < -0.4 is 5.32 Å². The number of guanidine groups is 1. The Labute approximate surface area is 204 Å². The molecular formula is C22H40IN7O. The number of aromatic nitrogens is 2. The van der Waals surface area contributed by atoms with Gasteiger partial charge in [-0.2, -0.15) is 5.10 Å². The van der Waals surface area contributed by atoms with E-state index in [4.69, 9.17) is 0 Å². The largest absolute Gasteiger partial charge is 0.352 e. The van der Waals surface area contributed by atoms with Crippen LogP contribution in [0.5, 0.6) is 0 Å². The fourth-order valence-electron chi connectivity index (χ4n) is 4.85. The summed E-state index contributed by atoms with van der Waals surface area (Å²) in [6, 6.07) is 0. The minimum absolute atomic E-state index is 0. The van der Waals surface area contributed by atoms with E-state index in [9.17, 15) is 4.79 Å². The standard InChI is InChI=1S/C22H39N7O.HI/c1-16-11-17(2)14-29(13-16)21(30)15-27-7-9-28(10-8-27)22(23-5)24-12-20-18(3)25-26(6)19(20)4;/h16-17H,7-15H2,1-6H3,(H,23,24);1H. The Morgan fingerprint density at radius 1 is 1.10 bits per heavy atom. The first kappa shape index (κ1) is 25.9. The highest BCUT2D eigenvalue weighted by molar-refractivity contribution is 14.0. The van der Waals surface area contributed by atoms with Gasteiger partial charge >= 0.3 is 0 Å². The van der Waals surface area contributed by atoms with E-state index in [0.717, 1.165) is 57.5 Å². The van der Waals surface area contributed by atoms with Crippen molar-refractivity contribution in [3.63, 3.8) is 0 Å². The second kappa shape index (κ2) is 11.5. The molecule has 2 fully saturated rings. The lowest BCUT2D eigenvalue weighted by Gasteiger charge is -2.39. The van der Waals surface area contributed by atoms with Crippen LogP contribution in [0.4, 0.5) is 0 Å². The number of nitrogens with one attached hydrogen (secondary N) is 1. The first-order valence-corrected chi connectivity index (χ1v) is 11.2. The lowest BCUT2D eigenvalue weighted by molar-refractivity contribution is -0.135. The number of piperazine rings is 1. The molecule has 1 aromatic rings. The van der Waals surface area contributed by atoms with Crippen molar-refractivity contribution in [2.45, 2.75) is 40.7 Å². The van der Waals surface area contributed by atoms with E-state index in [1.54, 1.807) is 0 Å². The molecule has 1 aromatic heterocycles. The van der Waals surface area contributed by atoms with Gasteiger partial charge in [0.15, 0.2) is 5.96 Å². The molecule has 3 heterocycles. The van der Waals surface area contributed by atoms with Crippen molar-refractivity contribution in [3.8, 4) is 0 Å². The number of hydrogen-bond acceptors (Lipinski definition) is 4. The molecule has 0 aliphatic carbocycles. The SMILES string of the molecule is CN=C(NCc1c(C)nn(C)c1C)N1CCN(CC(=O)N2CC(C)CC(C)C2)CC1.I. The summed E-state index contributed by atoms with van der Waals surface area (Å²) in [5, 5.41) is 7.99. The molecule has 2 unspecified atom stereocenters. The number of halogens is 1. The number of nitrogens with zero attached hydrogens (tertiary/aromatic N) is 6. The van der Waals surface area contributed by atoms with E-state index in [2.05, 4.69) is 50.9 Å². The third-order valence-electron chi connectivity index (χ3n) is 6.55. The highest BCUT2D eigenvalue weighted by Gasteiger charge is 2.28. The quantitative estimate of drug-likeness (QED) is 0.356. The Bertz CT molecular complexity index is 760. The number of amides is 1. The summed E-state index contributed by atoms with van der Waals surface area (Å²) >= 11 is 0. The molecule has 8 nitrogen and oxygen atoms in total. The zero-order chi connectivity index (χ0) is 21.8. The lowest BCUT2D eigenvalue weighted by atomic mass is 9.92. The molecule has 31 heavy (non-hydrogen) atoms. The zero-order valence-electron chi connectivity index (χ0n) is 20.0. The molecule has 176 valence electrons. The second-order valence-electron chi connectivity index (χ2n) is 9.18. The predicted octanol–water partition coefficient (Wildman–Crippen LogP) is 1.85. The van der Waals surface area contributed by atoms with Crippen LogP contribution in [0.1, 0.15) is 37.2 Å². The van der Waals surface area contributed by atoms with Crippen molar-refractivity contribution in [1.29, 1.82) is 0 Å². The number of aliphatic imine (C=N–C) groups is 1. The van der Waals surface area contributed by atoms with Gasteiger partial charge in [-0.05, 0) is 32.1 Å². The van der Waals surface area contributed by atoms with Crippen molar-refractivity contribution in [1.82, 2.24) is 29.8 Å². The van der Waals surface area contributed by atoms with Gasteiger partial charge in [-0.1, -0.05) is 13.8 Å². The van der Waals surface area contributed by atoms with Gasteiger partial charge in [0.25, 0.3) is 0 Å². The zero-order valence-corrected chi connectivity index (χ0v) is 22.3. The fourth-order valence-corrected chi connectivity index (χ4v) is 4.85. The van der Waals surface area contributed by atoms with Crippen LogP contribution in [0.2, 0.25) is 0 Å². The van der Waals surface area contributed by atoms with E-state index in [1.165, 1.54) is 17.7 Å². The smallest absolute Gasteiger partial charge is 0.236 e. The molecule has 1 amide bonds. The van der Waals surface area contributed by atoms with Gasteiger partial charge in [-0.3, -0.25) is 19.4 Å². The van der Waals surface area contributed by atoms with E-state index >= 15 is 0 Å². The summed E-state index contributed by atoms with van der Waals surface area (Å²) in [6.45, 7) is 15.3. The van der Waals surface area contributed by atoms with Gasteiger partial charge in [0, 0.05) is 71.2 Å². The Balaban J connectivity index is 0.00000341. The molecule has 1 N–H and O–H groups in total. The number of hydrogen-bond donors (Lipinski definition) is 1. The van der Waals surface area contributed by atoms with E-state index in [-0.39, 0.29) is 29.9 Å². The third kappa shape index (κ3) is 6.57. The molecule has 0 radical (unpaired) electrons. The molecule has 2 saturated heterocycles. The van der Waals surface area contributed by atoms with Crippen LogP contribution in [-0.2, 0) is 18.4 Å². The van der Waals surface area contributed by atoms with Gasteiger partial charge in [-0.15, -0.1) is 24.0 Å². The summed E-state index contributed by atoms with van der Waals surface area (Å²) in [7, 11) is 3.81. The third-order valence-corrected chi connectivity index (χ3v) is 6.55. The predicted molar refractivity (Wildman–Crippen MR) is 136 cm³/mol. The Morgan fingerprint density at radius 2 is 1.71 bits per heavy atom. The van der Waals surface area contributed by atoms with E-state index in [1.807, 2.05) is 25.7 Å². The monoisotopic (exact) mass is 545 g/mol. The second-order valence-corrected chi connectivity index (χ2v) is 9.18. The van der Waals surface area contributed by atoms with E-state index in [0.29, 0.717) is 18.4 Å². The van der Waals surface area contributed by atoms with Crippen LogP contribution in [0, 0.1) is 25.7 Å². The highest BCUT2D eigenvalue weighted by Crippen LogP contribution is 2.21. The molecule has 2 aliphatic rings. The van der Waals surface area contributed by atoms with Gasteiger partial charge in [0.1, 0.15) is 0 Å². The summed E-state index contributed by atoms with van der Waals surface area (Å²) in [4.78, 5) is 23.9. The summed E-state index contributed by atoms with van der Waals surface area (Å²) in [5.41, 5.74) is 3.47. The molecule has 2 aliphatic heterocycles.